The van der Waals surface area contributed by atoms with E-state index in [1.54, 1.807) is 12.1 Å². The summed E-state index contributed by atoms with van der Waals surface area (Å²) in [4.78, 5) is 11.1. The van der Waals surface area contributed by atoms with Crippen LogP contribution in [0.15, 0.2) is 22.7 Å². The summed E-state index contributed by atoms with van der Waals surface area (Å²) in [5.41, 5.74) is -0.725. The van der Waals surface area contributed by atoms with Gasteiger partial charge in [-0.2, -0.15) is 0 Å². The minimum Gasteiger partial charge on any atom is -0.488 e. The minimum atomic E-state index is -1.04. The minimum absolute atomic E-state index is 0.105. The van der Waals surface area contributed by atoms with Crippen molar-refractivity contribution in [3.8, 4) is 5.75 Å². The molecule has 1 aliphatic carbocycles. The summed E-state index contributed by atoms with van der Waals surface area (Å²) >= 11 is 3.29. The first-order valence-electron chi connectivity index (χ1n) is 6.39. The second-order valence-electron chi connectivity index (χ2n) is 5.00. The maximum Gasteiger partial charge on any atom is 0.339 e. The Balaban J connectivity index is 2.12. The Kier molecular flexibility index (Phi) is 4.47. The van der Waals surface area contributed by atoms with Crippen molar-refractivity contribution in [1.29, 1.82) is 0 Å². The van der Waals surface area contributed by atoms with Crippen molar-refractivity contribution in [3.05, 3.63) is 28.2 Å². The van der Waals surface area contributed by atoms with Gasteiger partial charge in [0.2, 0.25) is 0 Å². The smallest absolute Gasteiger partial charge is 0.339 e. The molecule has 1 aliphatic rings. The van der Waals surface area contributed by atoms with Gasteiger partial charge in [-0.3, -0.25) is 0 Å². The van der Waals surface area contributed by atoms with Crippen LogP contribution in [0.1, 0.15) is 42.5 Å². The van der Waals surface area contributed by atoms with Crippen molar-refractivity contribution in [2.45, 2.75) is 37.7 Å². The zero-order valence-corrected chi connectivity index (χ0v) is 12.1. The molecule has 5 heteroatoms. The van der Waals surface area contributed by atoms with Crippen LogP contribution in [0.4, 0.5) is 0 Å². The van der Waals surface area contributed by atoms with Crippen LogP contribution in [0.25, 0.3) is 0 Å². The molecule has 2 N–H and O–H groups in total. The van der Waals surface area contributed by atoms with Crippen molar-refractivity contribution in [3.63, 3.8) is 0 Å². The second kappa shape index (κ2) is 5.92. The molecule has 0 amide bonds. The van der Waals surface area contributed by atoms with E-state index in [9.17, 15) is 9.90 Å². The van der Waals surface area contributed by atoms with E-state index in [0.717, 1.165) is 19.3 Å². The monoisotopic (exact) mass is 328 g/mol. The van der Waals surface area contributed by atoms with Gasteiger partial charge in [0, 0.05) is 0 Å². The van der Waals surface area contributed by atoms with Crippen LogP contribution in [0, 0.1) is 0 Å². The number of rotatable bonds is 4. The summed E-state index contributed by atoms with van der Waals surface area (Å²) in [5, 5.41) is 19.5. The fourth-order valence-corrected chi connectivity index (χ4v) is 2.87. The van der Waals surface area contributed by atoms with Crippen molar-refractivity contribution >= 4 is 21.9 Å². The van der Waals surface area contributed by atoms with Crippen LogP contribution < -0.4 is 4.74 Å². The lowest BCUT2D eigenvalue weighted by molar-refractivity contribution is -0.0343. The maximum atomic E-state index is 11.1. The standard InChI is InChI=1S/C14H17BrO4/c15-11-6-4-5-10(13(16)17)12(11)19-9-14(18)7-2-1-3-8-14/h4-6,18H,1-3,7-9H2,(H,16,17). The molecular weight excluding hydrogens is 312 g/mol. The molecule has 1 aromatic carbocycles. The Hall–Kier alpha value is -1.07. The molecule has 0 atom stereocenters. The molecule has 0 saturated heterocycles. The second-order valence-corrected chi connectivity index (χ2v) is 5.85. The molecule has 0 heterocycles. The highest BCUT2D eigenvalue weighted by Crippen LogP contribution is 2.33. The van der Waals surface area contributed by atoms with Gasteiger partial charge in [-0.05, 0) is 40.9 Å². The summed E-state index contributed by atoms with van der Waals surface area (Å²) in [6, 6.07) is 4.87. The average molecular weight is 329 g/mol. The number of para-hydroxylation sites is 1. The maximum absolute atomic E-state index is 11.1. The largest absolute Gasteiger partial charge is 0.488 e. The lowest BCUT2D eigenvalue weighted by Gasteiger charge is -2.32. The molecular formula is C14H17BrO4. The van der Waals surface area contributed by atoms with Crippen molar-refractivity contribution in [2.75, 3.05) is 6.61 Å². The SMILES string of the molecule is O=C(O)c1cccc(Br)c1OCC1(O)CCCCC1. The summed E-state index contributed by atoms with van der Waals surface area (Å²) in [7, 11) is 0. The van der Waals surface area contributed by atoms with E-state index in [2.05, 4.69) is 15.9 Å². The van der Waals surface area contributed by atoms with E-state index >= 15 is 0 Å². The van der Waals surface area contributed by atoms with E-state index < -0.39 is 11.6 Å². The molecule has 1 fully saturated rings. The fourth-order valence-electron chi connectivity index (χ4n) is 2.38. The van der Waals surface area contributed by atoms with Crippen LogP contribution in [-0.2, 0) is 0 Å². The first kappa shape index (κ1) is 14.3. The molecule has 104 valence electrons. The number of halogens is 1. The van der Waals surface area contributed by atoms with E-state index in [4.69, 9.17) is 9.84 Å². The molecule has 0 unspecified atom stereocenters. The van der Waals surface area contributed by atoms with Crippen molar-refractivity contribution in [2.24, 2.45) is 0 Å². The van der Waals surface area contributed by atoms with Gasteiger partial charge in [-0.15, -0.1) is 0 Å². The number of hydrogen-bond acceptors (Lipinski definition) is 3. The number of aliphatic hydroxyl groups is 1. The molecule has 19 heavy (non-hydrogen) atoms. The highest BCUT2D eigenvalue weighted by atomic mass is 79.9. The van der Waals surface area contributed by atoms with Crippen LogP contribution >= 0.6 is 15.9 Å². The van der Waals surface area contributed by atoms with Gasteiger partial charge >= 0.3 is 5.97 Å². The first-order valence-corrected chi connectivity index (χ1v) is 7.18. The number of ether oxygens (including phenoxy) is 1. The summed E-state index contributed by atoms with van der Waals surface area (Å²) in [6.45, 7) is 0.135. The van der Waals surface area contributed by atoms with Gasteiger partial charge in [0.05, 0.1) is 10.1 Å². The fraction of sp³-hybridized carbons (Fsp3) is 0.500. The third kappa shape index (κ3) is 3.48. The van der Waals surface area contributed by atoms with Crippen LogP contribution in [0.2, 0.25) is 0 Å². The molecule has 0 aromatic heterocycles. The predicted octanol–water partition coefficient (Wildman–Crippen LogP) is 3.22. The number of carboxylic acid groups (broad SMARTS) is 1. The summed E-state index contributed by atoms with van der Waals surface area (Å²) in [5.74, 6) is -0.749. The van der Waals surface area contributed by atoms with E-state index in [-0.39, 0.29) is 17.9 Å². The Morgan fingerprint density at radius 2 is 2.00 bits per heavy atom. The van der Waals surface area contributed by atoms with Crippen LogP contribution in [-0.4, -0.2) is 28.4 Å². The third-order valence-electron chi connectivity index (χ3n) is 3.47. The van der Waals surface area contributed by atoms with E-state index in [0.29, 0.717) is 17.3 Å². The lowest BCUT2D eigenvalue weighted by Crippen LogP contribution is -2.38. The molecule has 1 aromatic rings. The molecule has 2 rings (SSSR count). The topological polar surface area (TPSA) is 66.8 Å². The number of carboxylic acids is 1. The predicted molar refractivity (Wildman–Crippen MR) is 74.6 cm³/mol. The molecule has 1 saturated carbocycles. The van der Waals surface area contributed by atoms with Crippen LogP contribution in [0.3, 0.4) is 0 Å². The molecule has 0 bridgehead atoms. The molecule has 4 nitrogen and oxygen atoms in total. The summed E-state index contributed by atoms with van der Waals surface area (Å²) < 4.78 is 6.18. The number of benzene rings is 1. The van der Waals surface area contributed by atoms with Crippen molar-refractivity contribution < 1.29 is 19.7 Å². The van der Waals surface area contributed by atoms with Gasteiger partial charge < -0.3 is 14.9 Å². The van der Waals surface area contributed by atoms with Crippen LogP contribution in [0.5, 0.6) is 5.75 Å². The number of carbonyl (C=O) groups is 1. The Morgan fingerprint density at radius 1 is 1.32 bits per heavy atom. The number of aromatic carboxylic acids is 1. The molecule has 0 spiro atoms. The lowest BCUT2D eigenvalue weighted by atomic mass is 9.85. The van der Waals surface area contributed by atoms with E-state index in [1.165, 1.54) is 6.07 Å². The highest BCUT2D eigenvalue weighted by molar-refractivity contribution is 9.10. The third-order valence-corrected chi connectivity index (χ3v) is 4.09. The van der Waals surface area contributed by atoms with Gasteiger partial charge in [-0.1, -0.05) is 25.3 Å². The Bertz CT molecular complexity index is 467. The Labute approximate surface area is 120 Å². The first-order chi connectivity index (χ1) is 9.02. The zero-order valence-electron chi connectivity index (χ0n) is 10.6. The molecule has 0 aliphatic heterocycles. The highest BCUT2D eigenvalue weighted by Gasteiger charge is 2.30. The zero-order chi connectivity index (χ0) is 13.9. The van der Waals surface area contributed by atoms with Gasteiger partial charge in [-0.25, -0.2) is 4.79 Å². The molecule has 0 radical (unpaired) electrons. The number of hydrogen-bond donors (Lipinski definition) is 2. The van der Waals surface area contributed by atoms with Gasteiger partial charge in [0.15, 0.2) is 0 Å². The normalized spacial score (nSPS) is 18.0. The quantitative estimate of drug-likeness (QED) is 0.890. The average Bonchev–Trinajstić information content (AvgIpc) is 2.38. The van der Waals surface area contributed by atoms with Gasteiger partial charge in [0.1, 0.15) is 17.9 Å². The van der Waals surface area contributed by atoms with E-state index in [1.807, 2.05) is 0 Å². The van der Waals surface area contributed by atoms with Gasteiger partial charge in [0.25, 0.3) is 0 Å². The summed E-state index contributed by atoms with van der Waals surface area (Å²) in [6.07, 6.45) is 4.53. The Morgan fingerprint density at radius 3 is 2.63 bits per heavy atom. The van der Waals surface area contributed by atoms with Crippen molar-refractivity contribution in [1.82, 2.24) is 0 Å².